The summed E-state index contributed by atoms with van der Waals surface area (Å²) in [6, 6.07) is 3.78. The molecule has 0 saturated carbocycles. The van der Waals surface area contributed by atoms with Gasteiger partial charge in [0.05, 0.1) is 10.6 Å². The predicted molar refractivity (Wildman–Crippen MR) is 97.2 cm³/mol. The number of carboxylic acids is 1. The highest BCUT2D eigenvalue weighted by molar-refractivity contribution is 7.12. The number of amides is 1. The van der Waals surface area contributed by atoms with Crippen LogP contribution in [0.2, 0.25) is 0 Å². The van der Waals surface area contributed by atoms with E-state index in [1.165, 1.54) is 16.0 Å². The van der Waals surface area contributed by atoms with Crippen LogP contribution in [-0.2, 0) is 16.1 Å². The number of hydrogen-bond acceptors (Lipinski definition) is 5. The number of hydrogen-bond donors (Lipinski definition) is 3. The molecule has 8 heteroatoms. The van der Waals surface area contributed by atoms with Crippen molar-refractivity contribution in [1.29, 1.82) is 0 Å². The van der Waals surface area contributed by atoms with Gasteiger partial charge in [0.1, 0.15) is 18.0 Å². The summed E-state index contributed by atoms with van der Waals surface area (Å²) in [7, 11) is 0. The molecule has 0 radical (unpaired) electrons. The highest BCUT2D eigenvalue weighted by Crippen LogP contribution is 2.41. The molecule has 0 aromatic carbocycles. The molecule has 1 amide bonds. The molecule has 7 nitrogen and oxygen atoms in total. The number of aliphatic hydroxyl groups is 1. The number of fused-ring (bicyclic) bond motifs is 1. The molecule has 1 atom stereocenters. The molecule has 3 heterocycles. The van der Waals surface area contributed by atoms with Crippen LogP contribution < -0.4 is 5.32 Å². The molecule has 0 spiro atoms. The zero-order chi connectivity index (χ0) is 19.1. The number of aryl methyl sites for hydroxylation is 1. The van der Waals surface area contributed by atoms with Gasteiger partial charge in [-0.25, -0.2) is 4.68 Å². The molecule has 2 aromatic rings. The number of aromatic nitrogens is 2. The minimum atomic E-state index is -1.07. The first-order chi connectivity index (χ1) is 12.1. The van der Waals surface area contributed by atoms with Gasteiger partial charge in [-0.1, -0.05) is 11.8 Å². The Morgan fingerprint density at radius 1 is 1.50 bits per heavy atom. The summed E-state index contributed by atoms with van der Waals surface area (Å²) in [4.78, 5) is 25.0. The fourth-order valence-corrected chi connectivity index (χ4v) is 3.89. The lowest BCUT2D eigenvalue weighted by atomic mass is 9.91. The summed E-state index contributed by atoms with van der Waals surface area (Å²) < 4.78 is 1.32. The Bertz CT molecular complexity index is 940. The zero-order valence-electron chi connectivity index (χ0n) is 14.7. The minimum Gasteiger partial charge on any atom is -0.480 e. The standard InChI is InChI=1S/C18H19N3O4S/c1-10-16-12(13-5-4-11(26-13)6-7-18(2,3)25)8-14(22)19-17(16)21(20-10)9-15(23)24/h4-5,12,25H,8-9H2,1-3H3,(H,19,22)(H,23,24)/t12-/m0/s1. The van der Waals surface area contributed by atoms with Crippen molar-refractivity contribution in [2.24, 2.45) is 0 Å². The van der Waals surface area contributed by atoms with Crippen molar-refractivity contribution in [3.8, 4) is 11.8 Å². The molecular formula is C18H19N3O4S. The number of carbonyl (C=O) groups is 2. The molecule has 3 rings (SSSR count). The predicted octanol–water partition coefficient (Wildman–Crippen LogP) is 1.93. The largest absolute Gasteiger partial charge is 0.480 e. The first kappa shape index (κ1) is 18.2. The van der Waals surface area contributed by atoms with Crippen molar-refractivity contribution >= 4 is 29.0 Å². The molecule has 3 N–H and O–H groups in total. The highest BCUT2D eigenvalue weighted by Gasteiger charge is 2.33. The van der Waals surface area contributed by atoms with Crippen molar-refractivity contribution < 1.29 is 19.8 Å². The average molecular weight is 373 g/mol. The molecule has 26 heavy (non-hydrogen) atoms. The number of carbonyl (C=O) groups excluding carboxylic acids is 1. The van der Waals surface area contributed by atoms with E-state index in [1.807, 2.05) is 19.1 Å². The Morgan fingerprint density at radius 2 is 2.23 bits per heavy atom. The smallest absolute Gasteiger partial charge is 0.325 e. The van der Waals surface area contributed by atoms with Crippen molar-refractivity contribution in [2.45, 2.75) is 45.3 Å². The van der Waals surface area contributed by atoms with Gasteiger partial charge in [0, 0.05) is 22.8 Å². The molecule has 2 aromatic heterocycles. The van der Waals surface area contributed by atoms with E-state index < -0.39 is 11.6 Å². The third-order valence-electron chi connectivity index (χ3n) is 3.92. The van der Waals surface area contributed by atoms with Gasteiger partial charge < -0.3 is 15.5 Å². The van der Waals surface area contributed by atoms with Gasteiger partial charge in [-0.15, -0.1) is 11.3 Å². The van der Waals surface area contributed by atoms with Gasteiger partial charge in [-0.3, -0.25) is 9.59 Å². The number of rotatable bonds is 3. The van der Waals surface area contributed by atoms with Crippen molar-refractivity contribution in [1.82, 2.24) is 9.78 Å². The van der Waals surface area contributed by atoms with Gasteiger partial charge in [0.25, 0.3) is 0 Å². The maximum Gasteiger partial charge on any atom is 0.325 e. The summed E-state index contributed by atoms with van der Waals surface area (Å²) in [6.07, 6.45) is 0.269. The van der Waals surface area contributed by atoms with Crippen molar-refractivity contribution in [3.05, 3.63) is 33.1 Å². The number of thiophene rings is 1. The van der Waals surface area contributed by atoms with Crippen LogP contribution in [0.5, 0.6) is 0 Å². The average Bonchev–Trinajstić information content (AvgIpc) is 3.09. The van der Waals surface area contributed by atoms with Gasteiger partial charge in [-0.05, 0) is 32.9 Å². The molecule has 136 valence electrons. The van der Waals surface area contributed by atoms with Gasteiger partial charge >= 0.3 is 5.97 Å². The lowest BCUT2D eigenvalue weighted by molar-refractivity contribution is -0.137. The van der Waals surface area contributed by atoms with E-state index in [1.54, 1.807) is 13.8 Å². The van der Waals surface area contributed by atoms with Crippen molar-refractivity contribution in [2.75, 3.05) is 5.32 Å². The molecular weight excluding hydrogens is 354 g/mol. The van der Waals surface area contributed by atoms with E-state index in [-0.39, 0.29) is 24.8 Å². The van der Waals surface area contributed by atoms with Crippen LogP contribution in [-0.4, -0.2) is 37.5 Å². The fourth-order valence-electron chi connectivity index (χ4n) is 2.92. The minimum absolute atomic E-state index is 0.174. The van der Waals surface area contributed by atoms with Gasteiger partial charge in [0.2, 0.25) is 5.91 Å². The number of carboxylic acid groups (broad SMARTS) is 1. The summed E-state index contributed by atoms with van der Waals surface area (Å²) in [6.45, 7) is 4.74. The van der Waals surface area contributed by atoms with Crippen LogP contribution in [0, 0.1) is 18.8 Å². The van der Waals surface area contributed by atoms with Crippen LogP contribution in [0.1, 0.15) is 47.2 Å². The number of anilines is 1. The quantitative estimate of drug-likeness (QED) is 0.713. The van der Waals surface area contributed by atoms with E-state index in [2.05, 4.69) is 22.3 Å². The second kappa shape index (κ2) is 6.59. The van der Waals surface area contributed by atoms with E-state index in [9.17, 15) is 14.7 Å². The lowest BCUT2D eigenvalue weighted by Gasteiger charge is -2.23. The number of aliphatic carboxylic acids is 1. The van der Waals surface area contributed by atoms with Gasteiger partial charge in [-0.2, -0.15) is 5.10 Å². The molecule has 1 aliphatic rings. The summed E-state index contributed by atoms with van der Waals surface area (Å²) in [5.74, 6) is 4.78. The summed E-state index contributed by atoms with van der Waals surface area (Å²) >= 11 is 1.46. The first-order valence-electron chi connectivity index (χ1n) is 8.08. The summed E-state index contributed by atoms with van der Waals surface area (Å²) in [5, 5.41) is 25.8. The normalized spacial score (nSPS) is 16.5. The second-order valence-electron chi connectivity index (χ2n) is 6.71. The second-order valence-corrected chi connectivity index (χ2v) is 7.83. The Labute approximate surface area is 154 Å². The highest BCUT2D eigenvalue weighted by atomic mass is 32.1. The van der Waals surface area contributed by atoms with E-state index in [0.717, 1.165) is 15.3 Å². The molecule has 0 fully saturated rings. The van der Waals surface area contributed by atoms with E-state index >= 15 is 0 Å². The van der Waals surface area contributed by atoms with Crippen molar-refractivity contribution in [3.63, 3.8) is 0 Å². The van der Waals surface area contributed by atoms with Crippen LogP contribution >= 0.6 is 11.3 Å². The third kappa shape index (κ3) is 3.79. The van der Waals surface area contributed by atoms with Crippen LogP contribution in [0.3, 0.4) is 0 Å². The van der Waals surface area contributed by atoms with E-state index in [4.69, 9.17) is 5.11 Å². The van der Waals surface area contributed by atoms with Gasteiger partial charge in [0.15, 0.2) is 0 Å². The molecule has 0 bridgehead atoms. The topological polar surface area (TPSA) is 104 Å². The Kier molecular flexibility index (Phi) is 4.61. The fraction of sp³-hybridized carbons (Fsp3) is 0.389. The lowest BCUT2D eigenvalue weighted by Crippen LogP contribution is -2.25. The molecule has 0 unspecified atom stereocenters. The monoisotopic (exact) mass is 373 g/mol. The Morgan fingerprint density at radius 3 is 2.88 bits per heavy atom. The molecule has 1 aliphatic heterocycles. The first-order valence-corrected chi connectivity index (χ1v) is 8.90. The van der Waals surface area contributed by atoms with Crippen LogP contribution in [0.15, 0.2) is 12.1 Å². The van der Waals surface area contributed by atoms with Crippen LogP contribution in [0.25, 0.3) is 0 Å². The summed E-state index contributed by atoms with van der Waals surface area (Å²) in [5.41, 5.74) is 0.467. The molecule has 0 saturated heterocycles. The molecule has 0 aliphatic carbocycles. The Hall–Kier alpha value is -2.63. The SMILES string of the molecule is Cc1nn(CC(=O)O)c2c1[C@H](c1ccc(C#CC(C)(C)O)s1)CC(=O)N2. The maximum atomic E-state index is 12.2. The zero-order valence-corrected chi connectivity index (χ0v) is 15.5. The third-order valence-corrected chi connectivity index (χ3v) is 5.03. The number of nitrogens with one attached hydrogen (secondary N) is 1. The maximum absolute atomic E-state index is 12.2. The Balaban J connectivity index is 1.99. The van der Waals surface area contributed by atoms with E-state index in [0.29, 0.717) is 11.5 Å². The number of nitrogens with zero attached hydrogens (tertiary/aromatic N) is 2. The van der Waals surface area contributed by atoms with Crippen LogP contribution in [0.4, 0.5) is 5.82 Å².